The SMILES string of the molecule is Nc1sccc1-c1n[nH]c(-c2cccs2)n1. The minimum Gasteiger partial charge on any atom is -0.390 e. The lowest BCUT2D eigenvalue weighted by atomic mass is 10.3. The minimum absolute atomic E-state index is 0.655. The van der Waals surface area contributed by atoms with E-state index in [0.29, 0.717) is 5.82 Å². The Morgan fingerprint density at radius 3 is 2.81 bits per heavy atom. The molecule has 0 bridgehead atoms. The largest absolute Gasteiger partial charge is 0.390 e. The molecule has 3 rings (SSSR count). The van der Waals surface area contributed by atoms with Gasteiger partial charge in [0, 0.05) is 0 Å². The molecule has 0 aromatic carbocycles. The Kier molecular flexibility index (Phi) is 2.23. The van der Waals surface area contributed by atoms with Crippen LogP contribution < -0.4 is 5.73 Å². The van der Waals surface area contributed by atoms with Gasteiger partial charge < -0.3 is 5.73 Å². The summed E-state index contributed by atoms with van der Waals surface area (Å²) in [5, 5.41) is 11.8. The van der Waals surface area contributed by atoms with Gasteiger partial charge in [0.2, 0.25) is 0 Å². The summed E-state index contributed by atoms with van der Waals surface area (Å²) in [6.45, 7) is 0. The Labute approximate surface area is 99.8 Å². The third kappa shape index (κ3) is 1.52. The molecule has 0 aliphatic rings. The van der Waals surface area contributed by atoms with Crippen LogP contribution in [0.2, 0.25) is 0 Å². The minimum atomic E-state index is 0.655. The molecule has 0 aliphatic carbocycles. The van der Waals surface area contributed by atoms with Crippen molar-refractivity contribution in [2.75, 3.05) is 5.73 Å². The van der Waals surface area contributed by atoms with E-state index in [1.807, 2.05) is 29.0 Å². The first-order valence-electron chi connectivity index (χ1n) is 4.64. The number of aromatic nitrogens is 3. The molecule has 3 aromatic rings. The molecule has 3 heterocycles. The average molecular weight is 248 g/mol. The third-order valence-corrected chi connectivity index (χ3v) is 3.80. The highest BCUT2D eigenvalue weighted by atomic mass is 32.1. The van der Waals surface area contributed by atoms with Crippen LogP contribution in [0, 0.1) is 0 Å². The van der Waals surface area contributed by atoms with Crippen LogP contribution in [0.4, 0.5) is 5.00 Å². The Morgan fingerprint density at radius 2 is 2.12 bits per heavy atom. The van der Waals surface area contributed by atoms with Crippen LogP contribution in [0.5, 0.6) is 0 Å². The number of H-pyrrole nitrogens is 1. The quantitative estimate of drug-likeness (QED) is 0.732. The highest BCUT2D eigenvalue weighted by molar-refractivity contribution is 7.14. The van der Waals surface area contributed by atoms with Crippen LogP contribution in [0.15, 0.2) is 29.0 Å². The number of nitrogens with two attached hydrogens (primary N) is 1. The van der Waals surface area contributed by atoms with Gasteiger partial charge in [-0.3, -0.25) is 5.10 Å². The maximum Gasteiger partial charge on any atom is 0.184 e. The van der Waals surface area contributed by atoms with Crippen molar-refractivity contribution in [1.82, 2.24) is 15.2 Å². The van der Waals surface area contributed by atoms with Crippen LogP contribution in [-0.2, 0) is 0 Å². The molecule has 16 heavy (non-hydrogen) atoms. The van der Waals surface area contributed by atoms with E-state index in [0.717, 1.165) is 21.3 Å². The molecule has 0 unspecified atom stereocenters. The van der Waals surface area contributed by atoms with Gasteiger partial charge >= 0.3 is 0 Å². The summed E-state index contributed by atoms with van der Waals surface area (Å²) < 4.78 is 0. The van der Waals surface area contributed by atoms with Crippen LogP contribution in [-0.4, -0.2) is 15.2 Å². The summed E-state index contributed by atoms with van der Waals surface area (Å²) in [5.41, 5.74) is 6.72. The second kappa shape index (κ2) is 3.73. The number of hydrogen-bond donors (Lipinski definition) is 2. The van der Waals surface area contributed by atoms with E-state index in [2.05, 4.69) is 15.2 Å². The monoisotopic (exact) mass is 248 g/mol. The average Bonchev–Trinajstić information content (AvgIpc) is 2.96. The van der Waals surface area contributed by atoms with Crippen molar-refractivity contribution in [3.63, 3.8) is 0 Å². The van der Waals surface area contributed by atoms with Gasteiger partial charge in [0.25, 0.3) is 0 Å². The molecule has 0 radical (unpaired) electrons. The van der Waals surface area contributed by atoms with Crippen LogP contribution in [0.25, 0.3) is 22.1 Å². The zero-order valence-electron chi connectivity index (χ0n) is 8.18. The zero-order valence-corrected chi connectivity index (χ0v) is 9.81. The Morgan fingerprint density at radius 1 is 1.19 bits per heavy atom. The summed E-state index contributed by atoms with van der Waals surface area (Å²) in [7, 11) is 0. The van der Waals surface area contributed by atoms with E-state index in [1.165, 1.54) is 11.3 Å². The van der Waals surface area contributed by atoms with Gasteiger partial charge in [-0.2, -0.15) is 5.10 Å². The number of anilines is 1. The van der Waals surface area contributed by atoms with Gasteiger partial charge in [0.15, 0.2) is 11.6 Å². The Hall–Kier alpha value is -1.66. The normalized spacial score (nSPS) is 10.8. The number of aromatic amines is 1. The molecule has 0 spiro atoms. The molecule has 0 aliphatic heterocycles. The number of nitrogen functional groups attached to an aromatic ring is 1. The van der Waals surface area contributed by atoms with Gasteiger partial charge in [0.1, 0.15) is 0 Å². The fraction of sp³-hybridized carbons (Fsp3) is 0. The summed E-state index contributed by atoms with van der Waals surface area (Å²) in [6, 6.07) is 5.93. The fourth-order valence-electron chi connectivity index (χ4n) is 1.41. The van der Waals surface area contributed by atoms with Crippen molar-refractivity contribution in [1.29, 1.82) is 0 Å². The number of nitrogens with one attached hydrogen (secondary N) is 1. The first-order chi connectivity index (χ1) is 7.84. The maximum absolute atomic E-state index is 5.83. The summed E-state index contributed by atoms with van der Waals surface area (Å²) in [4.78, 5) is 5.50. The second-order valence-corrected chi connectivity index (χ2v) is 5.08. The topological polar surface area (TPSA) is 67.6 Å². The van der Waals surface area contributed by atoms with Crippen molar-refractivity contribution in [2.45, 2.75) is 0 Å². The maximum atomic E-state index is 5.83. The van der Waals surface area contributed by atoms with E-state index in [4.69, 9.17) is 5.73 Å². The number of nitrogens with zero attached hydrogens (tertiary/aromatic N) is 2. The van der Waals surface area contributed by atoms with Gasteiger partial charge in [0.05, 0.1) is 15.4 Å². The standard InChI is InChI=1S/C10H8N4S2/c11-8-6(3-5-16-8)9-12-10(14-13-9)7-2-1-4-15-7/h1-5H,11H2,(H,12,13,14). The lowest BCUT2D eigenvalue weighted by Gasteiger charge is -1.90. The Bertz CT molecular complexity index is 594. The van der Waals surface area contributed by atoms with Crippen molar-refractivity contribution >= 4 is 27.7 Å². The number of hydrogen-bond acceptors (Lipinski definition) is 5. The van der Waals surface area contributed by atoms with Crippen LogP contribution >= 0.6 is 22.7 Å². The molecule has 3 N–H and O–H groups in total. The summed E-state index contributed by atoms with van der Waals surface area (Å²) in [6.07, 6.45) is 0. The molecular formula is C10H8N4S2. The van der Waals surface area contributed by atoms with Crippen molar-refractivity contribution in [2.24, 2.45) is 0 Å². The molecule has 0 saturated carbocycles. The van der Waals surface area contributed by atoms with Crippen LogP contribution in [0.3, 0.4) is 0 Å². The van der Waals surface area contributed by atoms with Crippen LogP contribution in [0.1, 0.15) is 0 Å². The Balaban J connectivity index is 2.03. The van der Waals surface area contributed by atoms with Crippen molar-refractivity contribution in [3.8, 4) is 22.1 Å². The molecule has 3 aromatic heterocycles. The molecule has 6 heteroatoms. The fourth-order valence-corrected chi connectivity index (χ4v) is 2.71. The van der Waals surface area contributed by atoms with E-state index in [9.17, 15) is 0 Å². The lowest BCUT2D eigenvalue weighted by Crippen LogP contribution is -1.85. The summed E-state index contributed by atoms with van der Waals surface area (Å²) in [5.74, 6) is 1.44. The number of thiophene rings is 2. The first-order valence-corrected chi connectivity index (χ1v) is 6.40. The summed E-state index contributed by atoms with van der Waals surface area (Å²) >= 11 is 3.12. The molecule has 0 amide bonds. The highest BCUT2D eigenvalue weighted by Gasteiger charge is 2.11. The van der Waals surface area contributed by atoms with E-state index < -0.39 is 0 Å². The smallest absolute Gasteiger partial charge is 0.184 e. The van der Waals surface area contributed by atoms with E-state index in [-0.39, 0.29) is 0 Å². The van der Waals surface area contributed by atoms with E-state index >= 15 is 0 Å². The predicted octanol–water partition coefficient (Wildman–Crippen LogP) is 2.84. The predicted molar refractivity (Wildman–Crippen MR) is 67.4 cm³/mol. The van der Waals surface area contributed by atoms with Gasteiger partial charge in [-0.1, -0.05) is 6.07 Å². The molecule has 0 fully saturated rings. The molecule has 0 atom stereocenters. The van der Waals surface area contributed by atoms with E-state index in [1.54, 1.807) is 11.3 Å². The van der Waals surface area contributed by atoms with Crippen molar-refractivity contribution < 1.29 is 0 Å². The molecule has 0 saturated heterocycles. The van der Waals surface area contributed by atoms with Gasteiger partial charge in [-0.15, -0.1) is 22.7 Å². The molecular weight excluding hydrogens is 240 g/mol. The zero-order chi connectivity index (χ0) is 11.0. The van der Waals surface area contributed by atoms with Gasteiger partial charge in [-0.25, -0.2) is 4.98 Å². The first kappa shape index (κ1) is 9.56. The second-order valence-electron chi connectivity index (χ2n) is 3.18. The molecule has 4 nitrogen and oxygen atoms in total. The highest BCUT2D eigenvalue weighted by Crippen LogP contribution is 2.29. The number of rotatable bonds is 2. The molecule has 80 valence electrons. The van der Waals surface area contributed by atoms with Gasteiger partial charge in [-0.05, 0) is 22.9 Å². The van der Waals surface area contributed by atoms with Crippen molar-refractivity contribution in [3.05, 3.63) is 29.0 Å². The third-order valence-electron chi connectivity index (χ3n) is 2.18. The lowest BCUT2D eigenvalue weighted by molar-refractivity contribution is 1.10.